The van der Waals surface area contributed by atoms with Gasteiger partial charge in [-0.1, -0.05) is 24.3 Å². The van der Waals surface area contributed by atoms with E-state index in [-0.39, 0.29) is 6.04 Å². The zero-order valence-electron chi connectivity index (χ0n) is 18.8. The van der Waals surface area contributed by atoms with Gasteiger partial charge in [-0.3, -0.25) is 4.90 Å². The van der Waals surface area contributed by atoms with Crippen molar-refractivity contribution in [1.82, 2.24) is 19.4 Å². The van der Waals surface area contributed by atoms with E-state index in [4.69, 9.17) is 4.74 Å². The number of nitrogens with one attached hydrogen (secondary N) is 1. The van der Waals surface area contributed by atoms with Gasteiger partial charge >= 0.3 is 0 Å². The van der Waals surface area contributed by atoms with E-state index in [1.165, 1.54) is 38.9 Å². The molecular formula is C26H30N4O. The Hall–Kier alpha value is -3.05. The third-order valence-corrected chi connectivity index (χ3v) is 6.92. The first kappa shape index (κ1) is 19.9. The van der Waals surface area contributed by atoms with E-state index >= 15 is 0 Å². The standard InChI is InChI=1S/C26H30N4O/c1-5-29-15-13-27-24(29)16-30-14-12-21-20-8-6-7-9-22(20)28-25(21)26(30)19-10-11-23(31-4)18(3)17(19)2/h6-11,13,15,26,28H,5,12,14,16H2,1-4H3. The Morgan fingerprint density at radius 1 is 1.13 bits per heavy atom. The number of hydrogen-bond acceptors (Lipinski definition) is 3. The zero-order chi connectivity index (χ0) is 21.5. The molecule has 5 rings (SSSR count). The summed E-state index contributed by atoms with van der Waals surface area (Å²) in [5.41, 5.74) is 7.81. The minimum absolute atomic E-state index is 0.155. The van der Waals surface area contributed by atoms with Gasteiger partial charge in [0.1, 0.15) is 11.6 Å². The number of para-hydroxylation sites is 1. The summed E-state index contributed by atoms with van der Waals surface area (Å²) >= 11 is 0. The van der Waals surface area contributed by atoms with Crippen molar-refractivity contribution >= 4 is 10.9 Å². The van der Waals surface area contributed by atoms with Gasteiger partial charge in [-0.2, -0.15) is 0 Å². The van der Waals surface area contributed by atoms with Crippen LogP contribution in [0.25, 0.3) is 10.9 Å². The fourth-order valence-electron chi connectivity index (χ4n) is 5.11. The van der Waals surface area contributed by atoms with Crippen LogP contribution in [0.15, 0.2) is 48.8 Å². The molecule has 3 heterocycles. The molecule has 1 atom stereocenters. The minimum atomic E-state index is 0.155. The number of H-pyrrole nitrogens is 1. The van der Waals surface area contributed by atoms with E-state index in [2.05, 4.69) is 82.8 Å². The number of ether oxygens (including phenoxy) is 1. The molecule has 1 N–H and O–H groups in total. The molecule has 0 radical (unpaired) electrons. The molecular weight excluding hydrogens is 384 g/mol. The van der Waals surface area contributed by atoms with Gasteiger partial charge in [0, 0.05) is 42.1 Å². The summed E-state index contributed by atoms with van der Waals surface area (Å²) in [5, 5.41) is 1.35. The molecule has 0 saturated carbocycles. The van der Waals surface area contributed by atoms with Gasteiger partial charge < -0.3 is 14.3 Å². The topological polar surface area (TPSA) is 46.1 Å². The second-order valence-corrected chi connectivity index (χ2v) is 8.42. The largest absolute Gasteiger partial charge is 0.496 e. The number of methoxy groups -OCH3 is 1. The number of nitrogens with zero attached hydrogens (tertiary/aromatic N) is 3. The lowest BCUT2D eigenvalue weighted by Crippen LogP contribution is -2.36. The van der Waals surface area contributed by atoms with E-state index in [1.807, 2.05) is 6.20 Å². The van der Waals surface area contributed by atoms with Crippen LogP contribution in [0, 0.1) is 13.8 Å². The number of aromatic amines is 1. The van der Waals surface area contributed by atoms with Crippen molar-refractivity contribution in [2.75, 3.05) is 13.7 Å². The van der Waals surface area contributed by atoms with Crippen LogP contribution < -0.4 is 4.74 Å². The van der Waals surface area contributed by atoms with E-state index in [0.29, 0.717) is 0 Å². The van der Waals surface area contributed by atoms with Crippen LogP contribution in [0.5, 0.6) is 5.75 Å². The smallest absolute Gasteiger partial charge is 0.122 e. The molecule has 2 aromatic heterocycles. The number of aryl methyl sites for hydroxylation is 1. The van der Waals surface area contributed by atoms with Crippen LogP contribution >= 0.6 is 0 Å². The van der Waals surface area contributed by atoms with E-state index in [9.17, 15) is 0 Å². The van der Waals surface area contributed by atoms with Crippen molar-refractivity contribution in [1.29, 1.82) is 0 Å². The first-order chi connectivity index (χ1) is 15.1. The minimum Gasteiger partial charge on any atom is -0.496 e. The lowest BCUT2D eigenvalue weighted by atomic mass is 9.88. The molecule has 5 heteroatoms. The number of hydrogen-bond donors (Lipinski definition) is 1. The Morgan fingerprint density at radius 2 is 1.97 bits per heavy atom. The predicted molar refractivity (Wildman–Crippen MR) is 125 cm³/mol. The van der Waals surface area contributed by atoms with Gasteiger partial charge in [-0.25, -0.2) is 4.98 Å². The third-order valence-electron chi connectivity index (χ3n) is 6.92. The molecule has 0 amide bonds. The highest BCUT2D eigenvalue weighted by molar-refractivity contribution is 5.85. The van der Waals surface area contributed by atoms with Crippen LogP contribution in [0.1, 0.15) is 46.7 Å². The summed E-state index contributed by atoms with van der Waals surface area (Å²) in [4.78, 5) is 11.0. The summed E-state index contributed by atoms with van der Waals surface area (Å²) in [6, 6.07) is 13.2. The maximum Gasteiger partial charge on any atom is 0.122 e. The highest BCUT2D eigenvalue weighted by Crippen LogP contribution is 2.41. The number of imidazole rings is 1. The van der Waals surface area contributed by atoms with Crippen molar-refractivity contribution in [3.8, 4) is 5.75 Å². The average molecular weight is 415 g/mol. The fourth-order valence-corrected chi connectivity index (χ4v) is 5.11. The van der Waals surface area contributed by atoms with Gasteiger partial charge in [0.15, 0.2) is 0 Å². The molecule has 4 aromatic rings. The Balaban J connectivity index is 1.66. The summed E-state index contributed by atoms with van der Waals surface area (Å²) in [5.74, 6) is 2.07. The van der Waals surface area contributed by atoms with Crippen LogP contribution in [-0.2, 0) is 19.5 Å². The summed E-state index contributed by atoms with van der Waals surface area (Å²) in [6.45, 7) is 9.30. The highest BCUT2D eigenvalue weighted by atomic mass is 16.5. The number of fused-ring (bicyclic) bond motifs is 3. The molecule has 0 spiro atoms. The number of rotatable bonds is 5. The summed E-state index contributed by atoms with van der Waals surface area (Å²) in [6.07, 6.45) is 5.03. The quantitative estimate of drug-likeness (QED) is 0.491. The van der Waals surface area contributed by atoms with E-state index < -0.39 is 0 Å². The van der Waals surface area contributed by atoms with Gasteiger partial charge in [-0.15, -0.1) is 0 Å². The molecule has 1 aliphatic heterocycles. The molecule has 0 aliphatic carbocycles. The number of benzene rings is 2. The Kier molecular flexibility index (Phi) is 5.06. The highest BCUT2D eigenvalue weighted by Gasteiger charge is 2.33. The molecule has 5 nitrogen and oxygen atoms in total. The van der Waals surface area contributed by atoms with Crippen molar-refractivity contribution in [3.63, 3.8) is 0 Å². The monoisotopic (exact) mass is 414 g/mol. The maximum absolute atomic E-state index is 5.59. The maximum atomic E-state index is 5.59. The Bertz CT molecular complexity index is 1240. The second-order valence-electron chi connectivity index (χ2n) is 8.42. The van der Waals surface area contributed by atoms with Crippen LogP contribution in [-0.4, -0.2) is 33.1 Å². The van der Waals surface area contributed by atoms with Crippen LogP contribution in [0.4, 0.5) is 0 Å². The van der Waals surface area contributed by atoms with E-state index in [0.717, 1.165) is 37.6 Å². The van der Waals surface area contributed by atoms with Gasteiger partial charge in [0.05, 0.1) is 19.7 Å². The first-order valence-electron chi connectivity index (χ1n) is 11.1. The zero-order valence-corrected chi connectivity index (χ0v) is 18.8. The average Bonchev–Trinajstić information content (AvgIpc) is 3.40. The van der Waals surface area contributed by atoms with Crippen molar-refractivity contribution in [3.05, 3.63) is 82.6 Å². The molecule has 31 heavy (non-hydrogen) atoms. The molecule has 1 aliphatic rings. The summed E-state index contributed by atoms with van der Waals surface area (Å²) < 4.78 is 7.83. The van der Waals surface area contributed by atoms with Gasteiger partial charge in [-0.05, 0) is 61.6 Å². The molecule has 0 saturated heterocycles. The predicted octanol–water partition coefficient (Wildman–Crippen LogP) is 5.16. The Morgan fingerprint density at radius 3 is 2.77 bits per heavy atom. The van der Waals surface area contributed by atoms with Gasteiger partial charge in [0.25, 0.3) is 0 Å². The lowest BCUT2D eigenvalue weighted by Gasteiger charge is -2.37. The second kappa shape index (κ2) is 7.89. The molecule has 0 fully saturated rings. The third kappa shape index (κ3) is 3.24. The lowest BCUT2D eigenvalue weighted by molar-refractivity contribution is 0.194. The molecule has 1 unspecified atom stereocenters. The van der Waals surface area contributed by atoms with Crippen molar-refractivity contribution in [2.45, 2.75) is 46.3 Å². The van der Waals surface area contributed by atoms with Crippen LogP contribution in [0.3, 0.4) is 0 Å². The van der Waals surface area contributed by atoms with E-state index in [1.54, 1.807) is 7.11 Å². The molecule has 0 bridgehead atoms. The summed E-state index contributed by atoms with van der Waals surface area (Å²) in [7, 11) is 1.74. The SMILES string of the molecule is CCn1ccnc1CN1CCc2c([nH]c3ccccc23)C1c1ccc(OC)c(C)c1C. The number of aromatic nitrogens is 3. The van der Waals surface area contributed by atoms with Crippen molar-refractivity contribution < 1.29 is 4.74 Å². The fraction of sp³-hybridized carbons (Fsp3) is 0.346. The van der Waals surface area contributed by atoms with Gasteiger partial charge in [0.2, 0.25) is 0 Å². The normalized spacial score (nSPS) is 16.6. The van der Waals surface area contributed by atoms with Crippen molar-refractivity contribution in [2.24, 2.45) is 0 Å². The molecule has 160 valence electrons. The molecule has 2 aromatic carbocycles. The first-order valence-corrected chi connectivity index (χ1v) is 11.1. The Labute approximate surface area is 183 Å². The van der Waals surface area contributed by atoms with Crippen LogP contribution in [0.2, 0.25) is 0 Å².